The Morgan fingerprint density at radius 3 is 2.85 bits per heavy atom. The predicted octanol–water partition coefficient (Wildman–Crippen LogP) is 2.89. The SMILES string of the molecule is COc1cccc(CCC(C(=O)O)c2cccnc2)c1. The number of ether oxygens (including phenoxy) is 1. The van der Waals surface area contributed by atoms with Crippen molar-refractivity contribution < 1.29 is 14.6 Å². The molecule has 0 aliphatic heterocycles. The number of rotatable bonds is 6. The van der Waals surface area contributed by atoms with Crippen LogP contribution in [0.15, 0.2) is 48.8 Å². The number of aliphatic carboxylic acids is 1. The van der Waals surface area contributed by atoms with E-state index in [1.165, 1.54) is 0 Å². The van der Waals surface area contributed by atoms with Crippen LogP contribution in [0.25, 0.3) is 0 Å². The quantitative estimate of drug-likeness (QED) is 0.877. The van der Waals surface area contributed by atoms with E-state index in [2.05, 4.69) is 4.98 Å². The molecule has 20 heavy (non-hydrogen) atoms. The van der Waals surface area contributed by atoms with E-state index in [4.69, 9.17) is 4.74 Å². The van der Waals surface area contributed by atoms with E-state index in [-0.39, 0.29) is 0 Å². The highest BCUT2D eigenvalue weighted by Crippen LogP contribution is 2.22. The van der Waals surface area contributed by atoms with E-state index in [1.54, 1.807) is 31.6 Å². The van der Waals surface area contributed by atoms with Gasteiger partial charge < -0.3 is 9.84 Å². The lowest BCUT2D eigenvalue weighted by molar-refractivity contribution is -0.138. The summed E-state index contributed by atoms with van der Waals surface area (Å²) < 4.78 is 5.17. The number of methoxy groups -OCH3 is 1. The van der Waals surface area contributed by atoms with Crippen LogP contribution in [0.3, 0.4) is 0 Å². The normalized spacial score (nSPS) is 11.8. The molecule has 0 saturated carbocycles. The molecule has 0 aliphatic rings. The topological polar surface area (TPSA) is 59.4 Å². The second kappa shape index (κ2) is 6.70. The van der Waals surface area contributed by atoms with Gasteiger partial charge in [-0.1, -0.05) is 18.2 Å². The first-order valence-electron chi connectivity index (χ1n) is 6.46. The van der Waals surface area contributed by atoms with Crippen LogP contribution in [0.1, 0.15) is 23.5 Å². The zero-order valence-electron chi connectivity index (χ0n) is 11.3. The van der Waals surface area contributed by atoms with Crippen LogP contribution in [0.5, 0.6) is 5.75 Å². The summed E-state index contributed by atoms with van der Waals surface area (Å²) in [6.45, 7) is 0. The molecule has 104 valence electrons. The van der Waals surface area contributed by atoms with Crippen molar-refractivity contribution in [1.82, 2.24) is 4.98 Å². The molecule has 1 unspecified atom stereocenters. The Bertz CT molecular complexity index is 569. The largest absolute Gasteiger partial charge is 0.497 e. The molecule has 2 aromatic rings. The molecule has 4 heteroatoms. The van der Waals surface area contributed by atoms with Gasteiger partial charge in [-0.3, -0.25) is 9.78 Å². The second-order valence-corrected chi connectivity index (χ2v) is 4.57. The minimum absolute atomic E-state index is 0.532. The first kappa shape index (κ1) is 14.1. The van der Waals surface area contributed by atoms with Gasteiger partial charge in [-0.05, 0) is 42.2 Å². The van der Waals surface area contributed by atoms with Crippen molar-refractivity contribution in [3.8, 4) is 5.75 Å². The Morgan fingerprint density at radius 1 is 1.35 bits per heavy atom. The maximum Gasteiger partial charge on any atom is 0.311 e. The highest BCUT2D eigenvalue weighted by molar-refractivity contribution is 5.75. The van der Waals surface area contributed by atoms with Crippen molar-refractivity contribution >= 4 is 5.97 Å². The molecule has 0 bridgehead atoms. The number of benzene rings is 1. The van der Waals surface area contributed by atoms with Crippen molar-refractivity contribution in [2.45, 2.75) is 18.8 Å². The number of carboxylic acids is 1. The minimum Gasteiger partial charge on any atom is -0.497 e. The van der Waals surface area contributed by atoms with Gasteiger partial charge in [0, 0.05) is 12.4 Å². The van der Waals surface area contributed by atoms with Gasteiger partial charge in [0.25, 0.3) is 0 Å². The Kier molecular flexibility index (Phi) is 4.71. The molecule has 0 amide bonds. The van der Waals surface area contributed by atoms with Gasteiger partial charge in [0.2, 0.25) is 0 Å². The molecule has 1 atom stereocenters. The Morgan fingerprint density at radius 2 is 2.20 bits per heavy atom. The number of pyridine rings is 1. The number of carbonyl (C=O) groups is 1. The fraction of sp³-hybridized carbons (Fsp3) is 0.250. The second-order valence-electron chi connectivity index (χ2n) is 4.57. The van der Waals surface area contributed by atoms with Gasteiger partial charge in [0.05, 0.1) is 13.0 Å². The average molecular weight is 271 g/mol. The van der Waals surface area contributed by atoms with Crippen LogP contribution in [-0.2, 0) is 11.2 Å². The van der Waals surface area contributed by atoms with Crippen LogP contribution in [0, 0.1) is 0 Å². The number of nitrogens with zero attached hydrogens (tertiary/aromatic N) is 1. The van der Waals surface area contributed by atoms with E-state index in [0.29, 0.717) is 12.8 Å². The summed E-state index contributed by atoms with van der Waals surface area (Å²) in [5.74, 6) is -0.563. The maximum absolute atomic E-state index is 11.4. The maximum atomic E-state index is 11.4. The average Bonchev–Trinajstić information content (AvgIpc) is 2.48. The fourth-order valence-corrected chi connectivity index (χ4v) is 2.15. The van der Waals surface area contributed by atoms with Crippen molar-refractivity contribution in [3.05, 3.63) is 59.9 Å². The number of aryl methyl sites for hydroxylation is 1. The van der Waals surface area contributed by atoms with E-state index in [9.17, 15) is 9.90 Å². The standard InChI is InChI=1S/C16H17NO3/c1-20-14-6-2-4-12(10-14)7-8-15(16(18)19)13-5-3-9-17-11-13/h2-6,9-11,15H,7-8H2,1H3,(H,18,19). The lowest BCUT2D eigenvalue weighted by Gasteiger charge is -2.12. The molecule has 1 N–H and O–H groups in total. The number of hydrogen-bond donors (Lipinski definition) is 1. The van der Waals surface area contributed by atoms with Crippen molar-refractivity contribution in [1.29, 1.82) is 0 Å². The van der Waals surface area contributed by atoms with Crippen LogP contribution in [0.4, 0.5) is 0 Å². The van der Waals surface area contributed by atoms with Gasteiger partial charge in [0.1, 0.15) is 5.75 Å². The lowest BCUT2D eigenvalue weighted by Crippen LogP contribution is -2.12. The van der Waals surface area contributed by atoms with Crippen LogP contribution < -0.4 is 4.74 Å². The van der Waals surface area contributed by atoms with Crippen molar-refractivity contribution in [3.63, 3.8) is 0 Å². The minimum atomic E-state index is -0.819. The van der Waals surface area contributed by atoms with Crippen LogP contribution >= 0.6 is 0 Å². The van der Waals surface area contributed by atoms with E-state index in [0.717, 1.165) is 16.9 Å². The van der Waals surface area contributed by atoms with Crippen LogP contribution in [0.2, 0.25) is 0 Å². The molecular weight excluding hydrogens is 254 g/mol. The molecule has 0 fully saturated rings. The monoisotopic (exact) mass is 271 g/mol. The molecule has 1 aromatic carbocycles. The molecule has 4 nitrogen and oxygen atoms in total. The van der Waals surface area contributed by atoms with E-state index >= 15 is 0 Å². The highest BCUT2D eigenvalue weighted by Gasteiger charge is 2.19. The summed E-state index contributed by atoms with van der Waals surface area (Å²) in [5, 5.41) is 9.35. The first-order chi connectivity index (χ1) is 9.70. The molecule has 1 heterocycles. The van der Waals surface area contributed by atoms with E-state index < -0.39 is 11.9 Å². The van der Waals surface area contributed by atoms with Crippen molar-refractivity contribution in [2.75, 3.05) is 7.11 Å². The third kappa shape index (κ3) is 3.57. The first-order valence-corrected chi connectivity index (χ1v) is 6.46. The Balaban J connectivity index is 2.08. The molecule has 0 spiro atoms. The summed E-state index contributed by atoms with van der Waals surface area (Å²) in [6, 6.07) is 11.3. The summed E-state index contributed by atoms with van der Waals surface area (Å²) in [6.07, 6.45) is 4.48. The zero-order valence-corrected chi connectivity index (χ0v) is 11.3. The third-order valence-electron chi connectivity index (χ3n) is 3.24. The Hall–Kier alpha value is -2.36. The molecule has 0 radical (unpaired) electrons. The summed E-state index contributed by atoms with van der Waals surface area (Å²) in [7, 11) is 1.62. The van der Waals surface area contributed by atoms with Gasteiger partial charge in [-0.25, -0.2) is 0 Å². The van der Waals surface area contributed by atoms with E-state index in [1.807, 2.05) is 24.3 Å². The lowest BCUT2D eigenvalue weighted by atomic mass is 9.93. The molecular formula is C16H17NO3. The molecule has 2 rings (SSSR count). The summed E-state index contributed by atoms with van der Waals surface area (Å²) in [4.78, 5) is 15.4. The number of carboxylic acid groups (broad SMARTS) is 1. The highest BCUT2D eigenvalue weighted by atomic mass is 16.5. The van der Waals surface area contributed by atoms with Gasteiger partial charge >= 0.3 is 5.97 Å². The summed E-state index contributed by atoms with van der Waals surface area (Å²) in [5.41, 5.74) is 1.81. The third-order valence-corrected chi connectivity index (χ3v) is 3.24. The molecule has 1 aromatic heterocycles. The number of aromatic nitrogens is 1. The molecule has 0 saturated heterocycles. The smallest absolute Gasteiger partial charge is 0.311 e. The molecule has 0 aliphatic carbocycles. The van der Waals surface area contributed by atoms with Crippen LogP contribution in [-0.4, -0.2) is 23.2 Å². The zero-order chi connectivity index (χ0) is 14.4. The summed E-state index contributed by atoms with van der Waals surface area (Å²) >= 11 is 0. The van der Waals surface area contributed by atoms with Gasteiger partial charge in [-0.2, -0.15) is 0 Å². The fourth-order valence-electron chi connectivity index (χ4n) is 2.15. The van der Waals surface area contributed by atoms with Crippen molar-refractivity contribution in [2.24, 2.45) is 0 Å². The Labute approximate surface area is 118 Å². The number of hydrogen-bond acceptors (Lipinski definition) is 3. The van der Waals surface area contributed by atoms with Gasteiger partial charge in [0.15, 0.2) is 0 Å². The predicted molar refractivity (Wildman–Crippen MR) is 75.9 cm³/mol. The van der Waals surface area contributed by atoms with Gasteiger partial charge in [-0.15, -0.1) is 0 Å².